The van der Waals surface area contributed by atoms with E-state index in [0.717, 1.165) is 5.39 Å². The lowest BCUT2D eigenvalue weighted by Crippen LogP contribution is -2.60. The van der Waals surface area contributed by atoms with Crippen molar-refractivity contribution in [1.82, 2.24) is 25.6 Å². The van der Waals surface area contributed by atoms with E-state index in [-0.39, 0.29) is 24.4 Å². The Morgan fingerprint density at radius 3 is 2.81 bits per heavy atom. The van der Waals surface area contributed by atoms with Gasteiger partial charge in [-0.25, -0.2) is 18.2 Å². The number of carbonyl (C=O) groups is 1. The van der Waals surface area contributed by atoms with Crippen LogP contribution in [0.2, 0.25) is 0 Å². The summed E-state index contributed by atoms with van der Waals surface area (Å²) in [6, 6.07) is 8.02. The van der Waals surface area contributed by atoms with Crippen LogP contribution in [0.15, 0.2) is 42.7 Å². The number of anilines is 2. The average molecular weight is 496 g/mol. The number of alkyl halides is 2. The highest BCUT2D eigenvalue weighted by molar-refractivity contribution is 6.09. The molecule has 0 bridgehead atoms. The number of methoxy groups -OCH3 is 1. The second-order valence-electron chi connectivity index (χ2n) is 9.27. The van der Waals surface area contributed by atoms with Crippen molar-refractivity contribution in [2.75, 3.05) is 32.1 Å². The molecule has 6 rings (SSSR count). The highest BCUT2D eigenvalue weighted by Gasteiger charge is 2.52. The molecule has 36 heavy (non-hydrogen) atoms. The molecule has 0 saturated carbocycles. The van der Waals surface area contributed by atoms with E-state index in [0.29, 0.717) is 34.0 Å². The van der Waals surface area contributed by atoms with Crippen LogP contribution >= 0.6 is 0 Å². The number of amides is 1. The number of hydrogen-bond donors (Lipinski definition) is 5. The first-order chi connectivity index (χ1) is 17.3. The van der Waals surface area contributed by atoms with Crippen LogP contribution in [0.1, 0.15) is 22.5 Å². The van der Waals surface area contributed by atoms with Gasteiger partial charge in [-0.15, -0.1) is 0 Å². The Morgan fingerprint density at radius 2 is 2.00 bits per heavy atom. The minimum absolute atomic E-state index is 0.0308. The van der Waals surface area contributed by atoms with Crippen LogP contribution in [0.5, 0.6) is 5.75 Å². The van der Waals surface area contributed by atoms with E-state index in [9.17, 15) is 18.0 Å². The third-order valence-electron chi connectivity index (χ3n) is 6.95. The fourth-order valence-corrected chi connectivity index (χ4v) is 5.41. The molecule has 1 saturated heterocycles. The molecular weight excluding hydrogens is 473 g/mol. The van der Waals surface area contributed by atoms with Crippen molar-refractivity contribution in [2.24, 2.45) is 0 Å². The third-order valence-corrected chi connectivity index (χ3v) is 6.95. The molecule has 1 fully saturated rings. The van der Waals surface area contributed by atoms with E-state index >= 15 is 0 Å². The van der Waals surface area contributed by atoms with E-state index < -0.39 is 36.0 Å². The SMILES string of the molecule is COc1c(F)cccc1Nc1c(-c2ccnc3[nH]ccc23)[nH]c2c1C(=O)NC[C@@]21CNCC(F)(F)C1. The van der Waals surface area contributed by atoms with Gasteiger partial charge in [0.2, 0.25) is 0 Å². The second-order valence-corrected chi connectivity index (χ2v) is 9.27. The maximum Gasteiger partial charge on any atom is 0.261 e. The van der Waals surface area contributed by atoms with Crippen LogP contribution in [0.25, 0.3) is 22.3 Å². The quantitative estimate of drug-likeness (QED) is 0.293. The fourth-order valence-electron chi connectivity index (χ4n) is 5.41. The van der Waals surface area contributed by atoms with Gasteiger partial charge in [0, 0.05) is 54.0 Å². The minimum Gasteiger partial charge on any atom is -0.492 e. The molecule has 1 amide bonds. The van der Waals surface area contributed by atoms with Crippen LogP contribution in [-0.2, 0) is 5.41 Å². The molecule has 11 heteroatoms. The summed E-state index contributed by atoms with van der Waals surface area (Å²) in [6.45, 7) is -0.111. The first-order valence-corrected chi connectivity index (χ1v) is 11.5. The number of aromatic amines is 2. The van der Waals surface area contributed by atoms with Gasteiger partial charge in [-0.2, -0.15) is 0 Å². The number of benzene rings is 1. The number of nitrogens with one attached hydrogen (secondary N) is 5. The zero-order valence-corrected chi connectivity index (χ0v) is 19.3. The van der Waals surface area contributed by atoms with Crippen molar-refractivity contribution < 1.29 is 22.7 Å². The maximum atomic E-state index is 14.6. The molecule has 8 nitrogen and oxygen atoms in total. The van der Waals surface area contributed by atoms with Gasteiger partial charge in [-0.3, -0.25) is 4.79 Å². The number of piperidine rings is 1. The fraction of sp³-hybridized carbons (Fsp3) is 0.280. The lowest BCUT2D eigenvalue weighted by Gasteiger charge is -2.43. The molecule has 3 aromatic heterocycles. The van der Waals surface area contributed by atoms with Crippen LogP contribution in [0.3, 0.4) is 0 Å². The Balaban J connectivity index is 1.61. The number of H-pyrrole nitrogens is 2. The number of nitrogens with zero attached hydrogens (tertiary/aromatic N) is 1. The number of aromatic nitrogens is 3. The van der Waals surface area contributed by atoms with Crippen molar-refractivity contribution in [2.45, 2.75) is 17.8 Å². The molecule has 1 aromatic carbocycles. The summed E-state index contributed by atoms with van der Waals surface area (Å²) in [5.41, 5.74) is 2.02. The van der Waals surface area contributed by atoms with Gasteiger partial charge in [0.1, 0.15) is 5.65 Å². The third kappa shape index (κ3) is 3.41. The first-order valence-electron chi connectivity index (χ1n) is 11.5. The zero-order valence-electron chi connectivity index (χ0n) is 19.3. The monoisotopic (exact) mass is 496 g/mol. The summed E-state index contributed by atoms with van der Waals surface area (Å²) in [5, 5.41) is 9.58. The summed E-state index contributed by atoms with van der Waals surface area (Å²) in [6.07, 6.45) is 2.93. The molecule has 2 aliphatic heterocycles. The second kappa shape index (κ2) is 8.02. The maximum absolute atomic E-state index is 14.6. The lowest BCUT2D eigenvalue weighted by molar-refractivity contribution is -0.0494. The summed E-state index contributed by atoms with van der Waals surface area (Å²) < 4.78 is 49.0. The van der Waals surface area contributed by atoms with Crippen LogP contribution in [0.4, 0.5) is 24.5 Å². The van der Waals surface area contributed by atoms with Crippen LogP contribution in [0, 0.1) is 5.82 Å². The Hall–Kier alpha value is -3.99. The van der Waals surface area contributed by atoms with Gasteiger partial charge < -0.3 is 30.7 Å². The molecule has 0 radical (unpaired) electrons. The molecule has 2 aliphatic rings. The topological polar surface area (TPSA) is 107 Å². The molecule has 5 heterocycles. The minimum atomic E-state index is -2.95. The predicted molar refractivity (Wildman–Crippen MR) is 129 cm³/mol. The van der Waals surface area contributed by atoms with Crippen molar-refractivity contribution in [3.05, 3.63) is 59.8 Å². The summed E-state index contributed by atoms with van der Waals surface area (Å²) in [7, 11) is 1.35. The number of rotatable bonds is 4. The summed E-state index contributed by atoms with van der Waals surface area (Å²) in [5.74, 6) is -3.98. The molecule has 0 aliphatic carbocycles. The number of pyridine rings is 1. The standard InChI is InChI=1S/C25H23F3N6O2/c1-36-20-15(26)3-2-4-16(20)33-19-17-21(24(11-32-23(17)35)9-25(27,28)12-29-10-24)34-18(19)13-5-7-30-22-14(13)6-8-31-22/h2-8,29,33-34H,9-12H2,1H3,(H,30,31)(H,32,35)/t24-/m1/s1. The summed E-state index contributed by atoms with van der Waals surface area (Å²) >= 11 is 0. The Bertz CT molecular complexity index is 1500. The average Bonchev–Trinajstić information content (AvgIpc) is 3.47. The van der Waals surface area contributed by atoms with Crippen molar-refractivity contribution in [1.29, 1.82) is 0 Å². The van der Waals surface area contributed by atoms with Gasteiger partial charge in [0.05, 0.1) is 36.3 Å². The van der Waals surface area contributed by atoms with E-state index in [4.69, 9.17) is 4.74 Å². The zero-order chi connectivity index (χ0) is 25.1. The van der Waals surface area contributed by atoms with Gasteiger partial charge >= 0.3 is 0 Å². The molecule has 186 valence electrons. The number of fused-ring (bicyclic) bond motifs is 3. The molecule has 5 N–H and O–H groups in total. The molecule has 1 atom stereocenters. The summed E-state index contributed by atoms with van der Waals surface area (Å²) in [4.78, 5) is 24.0. The number of halogens is 3. The highest BCUT2D eigenvalue weighted by Crippen LogP contribution is 2.47. The van der Waals surface area contributed by atoms with E-state index in [1.807, 2.05) is 6.07 Å². The Kier molecular flexibility index (Phi) is 5.01. The first kappa shape index (κ1) is 22.5. The van der Waals surface area contributed by atoms with Crippen molar-refractivity contribution in [3.8, 4) is 17.0 Å². The molecule has 4 aromatic rings. The van der Waals surface area contributed by atoms with Gasteiger partial charge in [-0.05, 0) is 24.3 Å². The molecule has 0 unspecified atom stereocenters. The van der Waals surface area contributed by atoms with E-state index in [1.54, 1.807) is 24.5 Å². The normalized spacial score (nSPS) is 20.8. The van der Waals surface area contributed by atoms with Gasteiger partial charge in [-0.1, -0.05) is 6.07 Å². The van der Waals surface area contributed by atoms with Gasteiger partial charge in [0.15, 0.2) is 11.6 Å². The van der Waals surface area contributed by atoms with Crippen LogP contribution in [-0.4, -0.2) is 53.5 Å². The predicted octanol–water partition coefficient (Wildman–Crippen LogP) is 4.06. The van der Waals surface area contributed by atoms with Crippen LogP contribution < -0.4 is 20.7 Å². The van der Waals surface area contributed by atoms with Crippen molar-refractivity contribution >= 4 is 28.3 Å². The van der Waals surface area contributed by atoms with Crippen molar-refractivity contribution in [3.63, 3.8) is 0 Å². The number of para-hydroxylation sites is 1. The largest absolute Gasteiger partial charge is 0.492 e. The Morgan fingerprint density at radius 1 is 1.14 bits per heavy atom. The highest BCUT2D eigenvalue weighted by atomic mass is 19.3. The number of ether oxygens (including phenoxy) is 1. The smallest absolute Gasteiger partial charge is 0.261 e. The van der Waals surface area contributed by atoms with Gasteiger partial charge in [0.25, 0.3) is 11.8 Å². The molecule has 1 spiro atoms. The number of carbonyl (C=O) groups excluding carboxylic acids is 1. The Labute approximate surface area is 203 Å². The molecular formula is C25H23F3N6O2. The van der Waals surface area contributed by atoms with E-state index in [2.05, 4.69) is 30.9 Å². The lowest BCUT2D eigenvalue weighted by atomic mass is 9.73. The number of hydrogen-bond acceptors (Lipinski definition) is 5. The van der Waals surface area contributed by atoms with E-state index in [1.165, 1.54) is 19.2 Å².